The van der Waals surface area contributed by atoms with Gasteiger partial charge in [-0.2, -0.15) is 0 Å². The lowest BCUT2D eigenvalue weighted by Gasteiger charge is -2.07. The average molecular weight is 376 g/mol. The number of carbonyl (C=O) groups excluding carboxylic acids is 2. The van der Waals surface area contributed by atoms with E-state index in [1.54, 1.807) is 4.40 Å². The van der Waals surface area contributed by atoms with Crippen LogP contribution in [0.15, 0.2) is 24.4 Å². The summed E-state index contributed by atoms with van der Waals surface area (Å²) in [5.74, 6) is -0.139. The minimum absolute atomic E-state index is 0.00649. The molecule has 0 saturated heterocycles. The third-order valence-electron chi connectivity index (χ3n) is 4.09. The third kappa shape index (κ3) is 6.65. The topological polar surface area (TPSA) is 105 Å². The van der Waals surface area contributed by atoms with Gasteiger partial charge in [-0.15, -0.1) is 0 Å². The molecular weight excluding hydrogens is 348 g/mol. The smallest absolute Gasteiger partial charge is 0.270 e. The number of unbranched alkanes of at least 4 members (excludes halogenated alkanes) is 2. The highest BCUT2D eigenvalue weighted by Gasteiger charge is 2.15. The van der Waals surface area contributed by atoms with Crippen LogP contribution in [0.2, 0.25) is 0 Å². The summed E-state index contributed by atoms with van der Waals surface area (Å²) in [7, 11) is 0. The number of pyridine rings is 1. The van der Waals surface area contributed by atoms with E-state index in [9.17, 15) is 9.59 Å². The van der Waals surface area contributed by atoms with Crippen molar-refractivity contribution in [2.24, 2.45) is 0 Å². The van der Waals surface area contributed by atoms with E-state index in [0.29, 0.717) is 37.5 Å². The highest BCUT2D eigenvalue weighted by atomic mass is 16.5. The summed E-state index contributed by atoms with van der Waals surface area (Å²) >= 11 is 0. The number of aryl methyl sites for hydroxylation is 1. The number of nitrogens with one attached hydrogen (secondary N) is 2. The van der Waals surface area contributed by atoms with E-state index in [1.807, 2.05) is 31.3 Å². The van der Waals surface area contributed by atoms with Crippen LogP contribution in [0.3, 0.4) is 0 Å². The van der Waals surface area contributed by atoms with Crippen molar-refractivity contribution in [3.8, 4) is 0 Å². The van der Waals surface area contributed by atoms with Gasteiger partial charge in [0.15, 0.2) is 0 Å². The van der Waals surface area contributed by atoms with Crippen LogP contribution in [0, 0.1) is 6.92 Å². The maximum Gasteiger partial charge on any atom is 0.270 e. The predicted octanol–water partition coefficient (Wildman–Crippen LogP) is 1.06. The SMILES string of the molecule is Cc1nc2ccccn2c1C(=O)NCCCCCC(=O)NCCOCCO. The molecule has 0 bridgehead atoms. The Kier molecular flexibility index (Phi) is 8.73. The van der Waals surface area contributed by atoms with Gasteiger partial charge in [-0.1, -0.05) is 12.5 Å². The zero-order valence-corrected chi connectivity index (χ0v) is 15.7. The van der Waals surface area contributed by atoms with Crippen molar-refractivity contribution in [2.75, 3.05) is 32.9 Å². The standard InChI is InChI=1S/C19H28N4O4/c1-15-18(23-11-6-4-7-16(23)22-15)19(26)21-9-5-2-3-8-17(25)20-10-13-27-14-12-24/h4,6-7,11,24H,2-3,5,8-10,12-14H2,1H3,(H,20,25)(H,21,26). The van der Waals surface area contributed by atoms with Crippen molar-refractivity contribution >= 4 is 17.5 Å². The number of aliphatic hydroxyl groups excluding tert-OH is 1. The number of aromatic nitrogens is 2. The van der Waals surface area contributed by atoms with Gasteiger partial charge in [0.05, 0.1) is 25.5 Å². The van der Waals surface area contributed by atoms with E-state index in [1.165, 1.54) is 0 Å². The molecule has 0 unspecified atom stereocenters. The molecule has 2 aromatic heterocycles. The first-order chi connectivity index (χ1) is 13.1. The lowest BCUT2D eigenvalue weighted by Crippen LogP contribution is -2.27. The Labute approximate surface area is 158 Å². The van der Waals surface area contributed by atoms with E-state index in [2.05, 4.69) is 15.6 Å². The maximum absolute atomic E-state index is 12.4. The van der Waals surface area contributed by atoms with E-state index in [-0.39, 0.29) is 25.0 Å². The Morgan fingerprint density at radius 2 is 2.00 bits per heavy atom. The molecule has 27 heavy (non-hydrogen) atoms. The lowest BCUT2D eigenvalue weighted by molar-refractivity contribution is -0.121. The average Bonchev–Trinajstić information content (AvgIpc) is 3.00. The van der Waals surface area contributed by atoms with Gasteiger partial charge in [-0.3, -0.25) is 14.0 Å². The zero-order chi connectivity index (χ0) is 19.5. The Hall–Kier alpha value is -2.45. The Morgan fingerprint density at radius 1 is 1.15 bits per heavy atom. The van der Waals surface area contributed by atoms with Gasteiger partial charge in [-0.05, 0) is 31.9 Å². The van der Waals surface area contributed by atoms with Crippen molar-refractivity contribution in [1.29, 1.82) is 0 Å². The van der Waals surface area contributed by atoms with Crippen LogP contribution in [-0.4, -0.2) is 59.2 Å². The first-order valence-corrected chi connectivity index (χ1v) is 9.30. The van der Waals surface area contributed by atoms with Crippen molar-refractivity contribution in [2.45, 2.75) is 32.6 Å². The van der Waals surface area contributed by atoms with Gasteiger partial charge in [0.1, 0.15) is 11.3 Å². The fourth-order valence-corrected chi connectivity index (χ4v) is 2.78. The number of ether oxygens (including phenoxy) is 1. The summed E-state index contributed by atoms with van der Waals surface area (Å²) in [6.07, 6.45) is 4.74. The fraction of sp³-hybridized carbons (Fsp3) is 0.526. The van der Waals surface area contributed by atoms with Crippen molar-refractivity contribution in [1.82, 2.24) is 20.0 Å². The summed E-state index contributed by atoms with van der Waals surface area (Å²) in [6.45, 7) is 3.52. The van der Waals surface area contributed by atoms with Crippen LogP contribution < -0.4 is 10.6 Å². The molecule has 0 radical (unpaired) electrons. The van der Waals surface area contributed by atoms with E-state index in [4.69, 9.17) is 9.84 Å². The van der Waals surface area contributed by atoms with Gasteiger partial charge in [-0.25, -0.2) is 4.98 Å². The summed E-state index contributed by atoms with van der Waals surface area (Å²) in [5.41, 5.74) is 2.03. The van der Waals surface area contributed by atoms with Crippen molar-refractivity contribution < 1.29 is 19.4 Å². The lowest BCUT2D eigenvalue weighted by atomic mass is 10.2. The van der Waals surface area contributed by atoms with Crippen LogP contribution in [0.25, 0.3) is 5.65 Å². The van der Waals surface area contributed by atoms with Gasteiger partial charge in [0, 0.05) is 25.7 Å². The summed E-state index contributed by atoms with van der Waals surface area (Å²) in [6, 6.07) is 5.63. The Morgan fingerprint density at radius 3 is 2.81 bits per heavy atom. The number of hydrogen-bond acceptors (Lipinski definition) is 5. The monoisotopic (exact) mass is 376 g/mol. The quantitative estimate of drug-likeness (QED) is 0.481. The van der Waals surface area contributed by atoms with Crippen LogP contribution in [-0.2, 0) is 9.53 Å². The number of rotatable bonds is 12. The highest BCUT2D eigenvalue weighted by molar-refractivity contribution is 5.94. The molecule has 0 aliphatic carbocycles. The summed E-state index contributed by atoms with van der Waals surface area (Å²) in [5, 5.41) is 14.3. The number of fused-ring (bicyclic) bond motifs is 1. The molecule has 0 aliphatic rings. The second kappa shape index (κ2) is 11.3. The molecule has 0 aromatic carbocycles. The van der Waals surface area contributed by atoms with Gasteiger partial charge >= 0.3 is 0 Å². The molecule has 0 atom stereocenters. The van der Waals surface area contributed by atoms with Crippen LogP contribution in [0.1, 0.15) is 41.9 Å². The number of imidazole rings is 1. The molecule has 2 amide bonds. The summed E-state index contributed by atoms with van der Waals surface area (Å²) < 4.78 is 6.86. The second-order valence-electron chi connectivity index (χ2n) is 6.23. The summed E-state index contributed by atoms with van der Waals surface area (Å²) in [4.78, 5) is 28.4. The first kappa shape index (κ1) is 20.9. The largest absolute Gasteiger partial charge is 0.394 e. The fourth-order valence-electron chi connectivity index (χ4n) is 2.78. The van der Waals surface area contributed by atoms with Crippen LogP contribution in [0.5, 0.6) is 0 Å². The third-order valence-corrected chi connectivity index (χ3v) is 4.09. The molecule has 2 aromatic rings. The normalized spacial score (nSPS) is 10.9. The van der Waals surface area contributed by atoms with Crippen molar-refractivity contribution in [3.63, 3.8) is 0 Å². The van der Waals surface area contributed by atoms with Crippen LogP contribution >= 0.6 is 0 Å². The molecule has 0 saturated carbocycles. The second-order valence-corrected chi connectivity index (χ2v) is 6.23. The highest BCUT2D eigenvalue weighted by Crippen LogP contribution is 2.11. The molecule has 3 N–H and O–H groups in total. The van der Waals surface area contributed by atoms with E-state index < -0.39 is 0 Å². The van der Waals surface area contributed by atoms with Gasteiger partial charge < -0.3 is 20.5 Å². The molecule has 0 fully saturated rings. The number of carbonyl (C=O) groups is 2. The minimum atomic E-state index is -0.133. The molecule has 0 aliphatic heterocycles. The van der Waals surface area contributed by atoms with E-state index in [0.717, 1.165) is 24.9 Å². The van der Waals surface area contributed by atoms with Crippen LogP contribution in [0.4, 0.5) is 0 Å². The number of nitrogens with zero attached hydrogens (tertiary/aromatic N) is 2. The molecule has 0 spiro atoms. The van der Waals surface area contributed by atoms with Gasteiger partial charge in [0.2, 0.25) is 5.91 Å². The molecule has 2 heterocycles. The predicted molar refractivity (Wildman–Crippen MR) is 102 cm³/mol. The maximum atomic E-state index is 12.4. The zero-order valence-electron chi connectivity index (χ0n) is 15.7. The van der Waals surface area contributed by atoms with Crippen molar-refractivity contribution in [3.05, 3.63) is 35.8 Å². The Balaban J connectivity index is 1.59. The van der Waals surface area contributed by atoms with Gasteiger partial charge in [0.25, 0.3) is 5.91 Å². The molecular formula is C19H28N4O4. The molecule has 8 heteroatoms. The molecule has 2 rings (SSSR count). The molecule has 148 valence electrons. The number of hydrogen-bond donors (Lipinski definition) is 3. The minimum Gasteiger partial charge on any atom is -0.394 e. The number of aliphatic hydroxyl groups is 1. The van der Waals surface area contributed by atoms with E-state index >= 15 is 0 Å². The number of amides is 2. The molecule has 8 nitrogen and oxygen atoms in total. The first-order valence-electron chi connectivity index (χ1n) is 9.30. The Bertz CT molecular complexity index is 744.